The number of unbranched alkanes of at least 4 members (excludes halogenated alkanes) is 5. The minimum atomic E-state index is -0.276. The molecule has 2 aromatic rings. The number of carbonyl (C=O) groups excluding carboxylic acids is 1. The SMILES string of the molecule is CCCCCCCCC1CCC(c2ccc(C(=O)Oc3ccc(CCC)cc3)cc2)CC1. The van der Waals surface area contributed by atoms with Crippen molar-refractivity contribution >= 4 is 5.97 Å². The van der Waals surface area contributed by atoms with Crippen LogP contribution in [0.15, 0.2) is 48.5 Å². The van der Waals surface area contributed by atoms with Gasteiger partial charge in [-0.25, -0.2) is 4.79 Å². The van der Waals surface area contributed by atoms with E-state index in [0.717, 1.165) is 18.8 Å². The molecule has 3 rings (SSSR count). The Morgan fingerprint density at radius 3 is 2.09 bits per heavy atom. The standard InChI is InChI=1S/C30H42O2/c1-3-5-6-7-8-9-11-25-12-16-26(17-13-25)27-18-20-28(21-19-27)30(31)32-29-22-14-24(10-4-2)15-23-29/h14-15,18-23,25-26H,3-13,16-17H2,1-2H3. The topological polar surface area (TPSA) is 26.3 Å². The van der Waals surface area contributed by atoms with Gasteiger partial charge in [-0.15, -0.1) is 0 Å². The minimum Gasteiger partial charge on any atom is -0.423 e. The first-order chi connectivity index (χ1) is 15.7. The first kappa shape index (κ1) is 24.6. The molecule has 0 spiro atoms. The molecular weight excluding hydrogens is 392 g/mol. The molecule has 0 heterocycles. The van der Waals surface area contributed by atoms with E-state index in [-0.39, 0.29) is 5.97 Å². The second-order valence-electron chi connectivity index (χ2n) is 9.68. The fourth-order valence-corrected chi connectivity index (χ4v) is 5.07. The fraction of sp³-hybridized carbons (Fsp3) is 0.567. The van der Waals surface area contributed by atoms with Gasteiger partial charge in [0.25, 0.3) is 0 Å². The zero-order valence-corrected chi connectivity index (χ0v) is 20.3. The molecule has 0 saturated heterocycles. The smallest absolute Gasteiger partial charge is 0.343 e. The Kier molecular flexibility index (Phi) is 10.3. The van der Waals surface area contributed by atoms with Crippen LogP contribution in [0.5, 0.6) is 5.75 Å². The molecule has 0 aromatic heterocycles. The van der Waals surface area contributed by atoms with Gasteiger partial charge in [0.05, 0.1) is 5.56 Å². The van der Waals surface area contributed by atoms with Gasteiger partial charge in [0.1, 0.15) is 5.75 Å². The van der Waals surface area contributed by atoms with Crippen molar-refractivity contribution in [2.24, 2.45) is 5.92 Å². The maximum absolute atomic E-state index is 12.5. The largest absolute Gasteiger partial charge is 0.423 e. The number of hydrogen-bond acceptors (Lipinski definition) is 2. The first-order valence-corrected chi connectivity index (χ1v) is 13.1. The quantitative estimate of drug-likeness (QED) is 0.189. The maximum atomic E-state index is 12.5. The third-order valence-corrected chi connectivity index (χ3v) is 7.10. The Morgan fingerprint density at radius 1 is 0.781 bits per heavy atom. The van der Waals surface area contributed by atoms with Crippen LogP contribution in [0.3, 0.4) is 0 Å². The van der Waals surface area contributed by atoms with Gasteiger partial charge in [-0.3, -0.25) is 0 Å². The summed E-state index contributed by atoms with van der Waals surface area (Å²) in [4.78, 5) is 12.5. The van der Waals surface area contributed by atoms with E-state index in [9.17, 15) is 4.79 Å². The van der Waals surface area contributed by atoms with E-state index in [4.69, 9.17) is 4.74 Å². The van der Waals surface area contributed by atoms with Crippen LogP contribution < -0.4 is 4.74 Å². The van der Waals surface area contributed by atoms with Crippen molar-refractivity contribution in [1.82, 2.24) is 0 Å². The normalized spacial score (nSPS) is 18.4. The molecule has 1 aliphatic rings. The fourth-order valence-electron chi connectivity index (χ4n) is 5.07. The summed E-state index contributed by atoms with van der Waals surface area (Å²) >= 11 is 0. The number of carbonyl (C=O) groups is 1. The molecular formula is C30H42O2. The highest BCUT2D eigenvalue weighted by Crippen LogP contribution is 2.37. The van der Waals surface area contributed by atoms with Gasteiger partial charge < -0.3 is 4.74 Å². The summed E-state index contributed by atoms with van der Waals surface area (Å²) in [5, 5.41) is 0. The van der Waals surface area contributed by atoms with Gasteiger partial charge in [-0.1, -0.05) is 89.5 Å². The van der Waals surface area contributed by atoms with Crippen molar-refractivity contribution in [2.75, 3.05) is 0 Å². The molecule has 0 unspecified atom stereocenters. The number of hydrogen-bond donors (Lipinski definition) is 0. The molecule has 174 valence electrons. The van der Waals surface area contributed by atoms with E-state index < -0.39 is 0 Å². The van der Waals surface area contributed by atoms with Crippen LogP contribution in [0.4, 0.5) is 0 Å². The lowest BCUT2D eigenvalue weighted by molar-refractivity contribution is 0.0734. The van der Waals surface area contributed by atoms with Crippen LogP contribution >= 0.6 is 0 Å². The van der Waals surface area contributed by atoms with E-state index in [0.29, 0.717) is 17.2 Å². The monoisotopic (exact) mass is 434 g/mol. The Hall–Kier alpha value is -2.09. The van der Waals surface area contributed by atoms with Crippen LogP contribution in [0.2, 0.25) is 0 Å². The molecule has 1 aliphatic carbocycles. The molecule has 1 fully saturated rings. The third kappa shape index (κ3) is 7.80. The van der Waals surface area contributed by atoms with E-state index in [1.54, 1.807) is 0 Å². The molecule has 2 nitrogen and oxygen atoms in total. The lowest BCUT2D eigenvalue weighted by Crippen LogP contribution is -2.14. The number of aryl methyl sites for hydroxylation is 1. The van der Waals surface area contributed by atoms with Crippen LogP contribution in [-0.2, 0) is 6.42 Å². The van der Waals surface area contributed by atoms with Gasteiger partial charge >= 0.3 is 5.97 Å². The molecule has 0 bridgehead atoms. The van der Waals surface area contributed by atoms with E-state index >= 15 is 0 Å². The summed E-state index contributed by atoms with van der Waals surface area (Å²) in [7, 11) is 0. The molecule has 0 amide bonds. The van der Waals surface area contributed by atoms with Crippen molar-refractivity contribution < 1.29 is 9.53 Å². The first-order valence-electron chi connectivity index (χ1n) is 13.1. The van der Waals surface area contributed by atoms with Crippen LogP contribution in [0.1, 0.15) is 118 Å². The number of esters is 1. The molecule has 2 heteroatoms. The Bertz CT molecular complexity index is 783. The van der Waals surface area contributed by atoms with Crippen molar-refractivity contribution in [2.45, 2.75) is 103 Å². The Labute approximate surface area is 195 Å². The average Bonchev–Trinajstić information content (AvgIpc) is 2.83. The lowest BCUT2D eigenvalue weighted by atomic mass is 9.77. The van der Waals surface area contributed by atoms with E-state index in [2.05, 4.69) is 26.0 Å². The van der Waals surface area contributed by atoms with E-state index in [1.807, 2.05) is 36.4 Å². The van der Waals surface area contributed by atoms with Gasteiger partial charge in [0, 0.05) is 0 Å². The summed E-state index contributed by atoms with van der Waals surface area (Å²) in [5.74, 6) is 1.91. The number of ether oxygens (including phenoxy) is 1. The average molecular weight is 435 g/mol. The van der Waals surface area contributed by atoms with Crippen molar-refractivity contribution in [3.8, 4) is 5.75 Å². The van der Waals surface area contributed by atoms with Crippen LogP contribution in [0, 0.1) is 5.92 Å². The highest BCUT2D eigenvalue weighted by molar-refractivity contribution is 5.91. The molecule has 1 saturated carbocycles. The summed E-state index contributed by atoms with van der Waals surface area (Å²) in [5.41, 5.74) is 3.28. The summed E-state index contributed by atoms with van der Waals surface area (Å²) in [6, 6.07) is 16.0. The van der Waals surface area contributed by atoms with Gasteiger partial charge in [0.2, 0.25) is 0 Å². The molecule has 0 aliphatic heterocycles. The second-order valence-corrected chi connectivity index (χ2v) is 9.68. The number of benzene rings is 2. The predicted molar refractivity (Wildman–Crippen MR) is 135 cm³/mol. The van der Waals surface area contributed by atoms with E-state index in [1.165, 1.54) is 81.8 Å². The molecule has 0 N–H and O–H groups in total. The Balaban J connectivity index is 1.41. The zero-order valence-electron chi connectivity index (χ0n) is 20.3. The highest BCUT2D eigenvalue weighted by Gasteiger charge is 2.22. The summed E-state index contributed by atoms with van der Waals surface area (Å²) in [6.07, 6.45) is 17.3. The third-order valence-electron chi connectivity index (χ3n) is 7.10. The maximum Gasteiger partial charge on any atom is 0.343 e. The second kappa shape index (κ2) is 13.5. The predicted octanol–water partition coefficient (Wildman–Crippen LogP) is 8.88. The molecule has 0 atom stereocenters. The van der Waals surface area contributed by atoms with Crippen LogP contribution in [-0.4, -0.2) is 5.97 Å². The minimum absolute atomic E-state index is 0.276. The highest BCUT2D eigenvalue weighted by atomic mass is 16.5. The van der Waals surface area contributed by atoms with Crippen LogP contribution in [0.25, 0.3) is 0 Å². The van der Waals surface area contributed by atoms with Gasteiger partial charge in [0.15, 0.2) is 0 Å². The summed E-state index contributed by atoms with van der Waals surface area (Å²) < 4.78 is 5.56. The molecule has 32 heavy (non-hydrogen) atoms. The zero-order chi connectivity index (χ0) is 22.6. The molecule has 0 radical (unpaired) electrons. The Morgan fingerprint density at radius 2 is 1.44 bits per heavy atom. The lowest BCUT2D eigenvalue weighted by Gasteiger charge is -2.29. The van der Waals surface area contributed by atoms with Gasteiger partial charge in [-0.05, 0) is 79.3 Å². The van der Waals surface area contributed by atoms with Gasteiger partial charge in [-0.2, -0.15) is 0 Å². The van der Waals surface area contributed by atoms with Crippen molar-refractivity contribution in [3.05, 3.63) is 65.2 Å². The molecule has 2 aromatic carbocycles. The number of rotatable bonds is 12. The van der Waals surface area contributed by atoms with Crippen molar-refractivity contribution in [1.29, 1.82) is 0 Å². The van der Waals surface area contributed by atoms with Crippen molar-refractivity contribution in [3.63, 3.8) is 0 Å². The summed E-state index contributed by atoms with van der Waals surface area (Å²) in [6.45, 7) is 4.45.